The highest BCUT2D eigenvalue weighted by atomic mass is 16.5. The van der Waals surface area contributed by atoms with Crippen LogP contribution < -0.4 is 5.73 Å². The summed E-state index contributed by atoms with van der Waals surface area (Å²) in [6, 6.07) is 0. The Morgan fingerprint density at radius 2 is 1.55 bits per heavy atom. The van der Waals surface area contributed by atoms with Gasteiger partial charge in [0.25, 0.3) is 0 Å². The first-order valence-corrected chi connectivity index (χ1v) is 3.39. The van der Waals surface area contributed by atoms with E-state index in [-0.39, 0.29) is 12.5 Å². The van der Waals surface area contributed by atoms with Gasteiger partial charge in [0.1, 0.15) is 0 Å². The predicted octanol–water partition coefficient (Wildman–Crippen LogP) is 0.407. The van der Waals surface area contributed by atoms with E-state index in [9.17, 15) is 4.79 Å². The third-order valence-corrected chi connectivity index (χ3v) is 0.394. The van der Waals surface area contributed by atoms with Gasteiger partial charge in [0.2, 0.25) is 0 Å². The molecule has 0 saturated heterocycles. The molecule has 0 aromatic heterocycles. The van der Waals surface area contributed by atoms with E-state index in [4.69, 9.17) is 5.73 Å². The lowest BCUT2D eigenvalue weighted by molar-refractivity contribution is -0.138. The van der Waals surface area contributed by atoms with Crippen LogP contribution >= 0.6 is 0 Å². The first kappa shape index (κ1) is 16.8. The second-order valence-electron chi connectivity index (χ2n) is 1.19. The topological polar surface area (TPSA) is 61.5 Å². The molecular weight excluding hydrogens is 146 g/mol. The van der Waals surface area contributed by atoms with Crippen LogP contribution in [0, 0.1) is 0 Å². The van der Waals surface area contributed by atoms with Gasteiger partial charge in [0, 0.05) is 14.2 Å². The summed E-state index contributed by atoms with van der Waals surface area (Å²) in [5.41, 5.74) is 4.81. The summed E-state index contributed by atoms with van der Waals surface area (Å²) in [6.07, 6.45) is 0. The lowest BCUT2D eigenvalue weighted by Gasteiger charge is -1.87. The largest absolute Gasteiger partial charge is 0.468 e. The maximum atomic E-state index is 9.83. The molecule has 0 aliphatic rings. The number of carbonyl (C=O) groups excluding carboxylic acids is 1. The van der Waals surface area contributed by atoms with E-state index < -0.39 is 0 Å². The summed E-state index contributed by atoms with van der Waals surface area (Å²) in [5.74, 6) is -0.380. The summed E-state index contributed by atoms with van der Waals surface area (Å²) in [5, 5.41) is 0. The molecule has 0 rings (SSSR count). The SMILES string of the molecule is CC.COC.COC(=O)CN. The Morgan fingerprint density at radius 1 is 1.27 bits per heavy atom. The van der Waals surface area contributed by atoms with Gasteiger partial charge in [0.15, 0.2) is 0 Å². The Labute approximate surface area is 68.7 Å². The normalized spacial score (nSPS) is 6.36. The molecule has 4 heteroatoms. The number of hydrogen-bond donors (Lipinski definition) is 1. The fourth-order valence-electron chi connectivity index (χ4n) is 0.0833. The van der Waals surface area contributed by atoms with Crippen molar-refractivity contribution in [1.82, 2.24) is 0 Å². The molecule has 0 spiro atoms. The zero-order valence-corrected chi connectivity index (χ0v) is 8.01. The molecule has 4 nitrogen and oxygen atoms in total. The van der Waals surface area contributed by atoms with Gasteiger partial charge in [-0.1, -0.05) is 13.8 Å². The first-order valence-electron chi connectivity index (χ1n) is 3.39. The highest BCUT2D eigenvalue weighted by Crippen LogP contribution is 1.61. The molecule has 0 atom stereocenters. The Kier molecular flexibility index (Phi) is 34.7. The van der Waals surface area contributed by atoms with Gasteiger partial charge in [-0.2, -0.15) is 0 Å². The van der Waals surface area contributed by atoms with E-state index in [0.717, 1.165) is 0 Å². The maximum Gasteiger partial charge on any atom is 0.319 e. The Morgan fingerprint density at radius 3 is 1.55 bits per heavy atom. The van der Waals surface area contributed by atoms with Crippen LogP contribution in [0.2, 0.25) is 0 Å². The Hall–Kier alpha value is -0.610. The van der Waals surface area contributed by atoms with Crippen molar-refractivity contribution in [2.45, 2.75) is 13.8 Å². The van der Waals surface area contributed by atoms with Gasteiger partial charge >= 0.3 is 5.97 Å². The Balaban J connectivity index is -0.000000109. The predicted molar refractivity (Wildman–Crippen MR) is 45.4 cm³/mol. The van der Waals surface area contributed by atoms with Crippen molar-refractivity contribution in [2.24, 2.45) is 5.73 Å². The Bertz CT molecular complexity index is 60.7. The van der Waals surface area contributed by atoms with Crippen LogP contribution in [-0.2, 0) is 14.3 Å². The average Bonchev–Trinajstić information content (AvgIpc) is 2.08. The van der Waals surface area contributed by atoms with Gasteiger partial charge in [-0.3, -0.25) is 4.79 Å². The molecule has 0 bridgehead atoms. The van der Waals surface area contributed by atoms with Crippen molar-refractivity contribution in [3.63, 3.8) is 0 Å². The minimum absolute atomic E-state index is 0.0312. The highest BCUT2D eigenvalue weighted by molar-refractivity contribution is 5.70. The third-order valence-electron chi connectivity index (χ3n) is 0.394. The molecule has 2 N–H and O–H groups in total. The van der Waals surface area contributed by atoms with Crippen LogP contribution in [0.15, 0.2) is 0 Å². The molecule has 0 aliphatic heterocycles. The molecule has 0 aromatic rings. The number of carbonyl (C=O) groups is 1. The lowest BCUT2D eigenvalue weighted by atomic mass is 10.7. The first-order chi connectivity index (χ1) is 5.22. The third kappa shape index (κ3) is 44.6. The van der Waals surface area contributed by atoms with Crippen molar-refractivity contribution >= 4 is 5.97 Å². The molecule has 0 unspecified atom stereocenters. The highest BCUT2D eigenvalue weighted by Gasteiger charge is 1.87. The van der Waals surface area contributed by atoms with Crippen LogP contribution in [0.3, 0.4) is 0 Å². The minimum Gasteiger partial charge on any atom is -0.468 e. The zero-order valence-electron chi connectivity index (χ0n) is 8.01. The van der Waals surface area contributed by atoms with E-state index in [1.165, 1.54) is 7.11 Å². The summed E-state index contributed by atoms with van der Waals surface area (Å²) < 4.78 is 8.39. The molecular formula is C7H19NO3. The second kappa shape index (κ2) is 22.8. The summed E-state index contributed by atoms with van der Waals surface area (Å²) in [4.78, 5) is 9.83. The van der Waals surface area contributed by atoms with Gasteiger partial charge in [-0.15, -0.1) is 0 Å². The number of rotatable bonds is 1. The van der Waals surface area contributed by atoms with Gasteiger partial charge in [-0.25, -0.2) is 0 Å². The van der Waals surface area contributed by atoms with Crippen LogP contribution in [-0.4, -0.2) is 33.8 Å². The van der Waals surface area contributed by atoms with Crippen LogP contribution in [0.1, 0.15) is 13.8 Å². The lowest BCUT2D eigenvalue weighted by Crippen LogP contribution is -2.14. The molecule has 0 saturated carbocycles. The quantitative estimate of drug-likeness (QED) is 0.571. The zero-order chi connectivity index (χ0) is 9.70. The van der Waals surface area contributed by atoms with Crippen LogP contribution in [0.5, 0.6) is 0 Å². The molecule has 70 valence electrons. The molecule has 0 amide bonds. The standard InChI is InChI=1S/C3H7NO2.C2H6O.C2H6/c1-6-3(5)2-4;1-3-2;1-2/h2,4H2,1H3;1-2H3;1-2H3. The molecule has 11 heavy (non-hydrogen) atoms. The van der Waals surface area contributed by atoms with E-state index >= 15 is 0 Å². The van der Waals surface area contributed by atoms with Crippen LogP contribution in [0.4, 0.5) is 0 Å². The number of esters is 1. The summed E-state index contributed by atoms with van der Waals surface area (Å²) >= 11 is 0. The van der Waals surface area contributed by atoms with Crippen LogP contribution in [0.25, 0.3) is 0 Å². The van der Waals surface area contributed by atoms with Gasteiger partial charge < -0.3 is 15.2 Å². The van der Waals surface area contributed by atoms with Gasteiger partial charge in [0.05, 0.1) is 13.7 Å². The van der Waals surface area contributed by atoms with Crippen molar-refractivity contribution in [3.8, 4) is 0 Å². The molecule has 0 aliphatic carbocycles. The van der Waals surface area contributed by atoms with Gasteiger partial charge in [-0.05, 0) is 0 Å². The van der Waals surface area contributed by atoms with Crippen molar-refractivity contribution in [3.05, 3.63) is 0 Å². The molecule has 0 fully saturated rings. The number of ether oxygens (including phenoxy) is 2. The summed E-state index contributed by atoms with van der Waals surface area (Å²) in [7, 11) is 4.55. The van der Waals surface area contributed by atoms with Crippen molar-refractivity contribution in [1.29, 1.82) is 0 Å². The fraction of sp³-hybridized carbons (Fsp3) is 0.857. The monoisotopic (exact) mass is 165 g/mol. The fourth-order valence-corrected chi connectivity index (χ4v) is 0.0833. The second-order valence-corrected chi connectivity index (χ2v) is 1.19. The maximum absolute atomic E-state index is 9.83. The average molecular weight is 165 g/mol. The number of nitrogens with two attached hydrogens (primary N) is 1. The van der Waals surface area contributed by atoms with E-state index in [1.54, 1.807) is 14.2 Å². The van der Waals surface area contributed by atoms with Crippen molar-refractivity contribution in [2.75, 3.05) is 27.9 Å². The smallest absolute Gasteiger partial charge is 0.319 e. The minimum atomic E-state index is -0.380. The van der Waals surface area contributed by atoms with E-state index in [0.29, 0.717) is 0 Å². The number of methoxy groups -OCH3 is 2. The summed E-state index contributed by atoms with van der Waals surface area (Å²) in [6.45, 7) is 3.97. The molecule has 0 radical (unpaired) electrons. The van der Waals surface area contributed by atoms with E-state index in [2.05, 4.69) is 9.47 Å². The van der Waals surface area contributed by atoms with E-state index in [1.807, 2.05) is 13.8 Å². The molecule has 0 heterocycles. The molecule has 0 aromatic carbocycles. The van der Waals surface area contributed by atoms with Crippen molar-refractivity contribution < 1.29 is 14.3 Å². The number of hydrogen-bond acceptors (Lipinski definition) is 4.